The van der Waals surface area contributed by atoms with Crippen LogP contribution in [0.4, 0.5) is 5.69 Å². The van der Waals surface area contributed by atoms with E-state index in [0.29, 0.717) is 24.2 Å². The van der Waals surface area contributed by atoms with E-state index < -0.39 is 0 Å². The van der Waals surface area contributed by atoms with E-state index in [4.69, 9.17) is 0 Å². The van der Waals surface area contributed by atoms with Gasteiger partial charge in [0.05, 0.1) is 6.54 Å². The number of hydrogen-bond acceptors (Lipinski definition) is 4. The van der Waals surface area contributed by atoms with E-state index in [-0.39, 0.29) is 24.1 Å². The first-order chi connectivity index (χ1) is 13.8. The summed E-state index contributed by atoms with van der Waals surface area (Å²) < 4.78 is 0. The van der Waals surface area contributed by atoms with Crippen molar-refractivity contribution in [3.8, 4) is 0 Å². The van der Waals surface area contributed by atoms with Crippen LogP contribution in [0.1, 0.15) is 38.8 Å². The predicted octanol–water partition coefficient (Wildman–Crippen LogP) is 2.58. The minimum atomic E-state index is -0.231. The van der Waals surface area contributed by atoms with Crippen molar-refractivity contribution >= 4 is 23.3 Å². The van der Waals surface area contributed by atoms with Crippen LogP contribution in [-0.2, 0) is 4.79 Å². The van der Waals surface area contributed by atoms with Gasteiger partial charge in [-0.15, -0.1) is 0 Å². The van der Waals surface area contributed by atoms with Gasteiger partial charge in [-0.3, -0.25) is 14.4 Å². The predicted molar refractivity (Wildman–Crippen MR) is 113 cm³/mol. The fourth-order valence-corrected chi connectivity index (χ4v) is 3.37. The van der Waals surface area contributed by atoms with Gasteiger partial charge in [-0.1, -0.05) is 6.07 Å². The van der Waals surface area contributed by atoms with E-state index in [0.717, 1.165) is 29.9 Å². The summed E-state index contributed by atoms with van der Waals surface area (Å²) in [6.07, 6.45) is 0. The van der Waals surface area contributed by atoms with Gasteiger partial charge in [0.2, 0.25) is 5.91 Å². The molecule has 2 aromatic rings. The molecule has 29 heavy (non-hydrogen) atoms. The van der Waals surface area contributed by atoms with E-state index in [1.807, 2.05) is 50.2 Å². The summed E-state index contributed by atoms with van der Waals surface area (Å²) in [7, 11) is 0. The van der Waals surface area contributed by atoms with Gasteiger partial charge in [0.25, 0.3) is 5.91 Å². The molecule has 1 N–H and O–H groups in total. The van der Waals surface area contributed by atoms with Crippen LogP contribution in [-0.4, -0.2) is 55.2 Å². The van der Waals surface area contributed by atoms with Crippen LogP contribution >= 0.6 is 0 Å². The van der Waals surface area contributed by atoms with Gasteiger partial charge in [-0.2, -0.15) is 0 Å². The number of carbonyl (C=O) groups excluding carboxylic acids is 3. The van der Waals surface area contributed by atoms with Gasteiger partial charge in [0.1, 0.15) is 0 Å². The average Bonchev–Trinajstić information content (AvgIpc) is 2.74. The Labute approximate surface area is 171 Å². The van der Waals surface area contributed by atoms with Gasteiger partial charge in [-0.25, -0.2) is 0 Å². The topological polar surface area (TPSA) is 69.7 Å². The molecule has 6 heteroatoms. The van der Waals surface area contributed by atoms with Crippen LogP contribution < -0.4 is 10.2 Å². The van der Waals surface area contributed by atoms with Gasteiger partial charge in [-0.05, 0) is 68.3 Å². The molecule has 152 valence electrons. The normalized spacial score (nSPS) is 13.9. The minimum absolute atomic E-state index is 0.000927. The highest BCUT2D eigenvalue weighted by Crippen LogP contribution is 2.18. The lowest BCUT2D eigenvalue weighted by Crippen LogP contribution is -2.51. The van der Waals surface area contributed by atoms with Crippen molar-refractivity contribution in [1.82, 2.24) is 10.2 Å². The number of piperazine rings is 1. The minimum Gasteiger partial charge on any atom is -0.368 e. The first-order valence-electron chi connectivity index (χ1n) is 9.84. The molecule has 0 atom stereocenters. The summed E-state index contributed by atoms with van der Waals surface area (Å²) in [6, 6.07) is 13.1. The van der Waals surface area contributed by atoms with E-state index >= 15 is 0 Å². The molecule has 1 fully saturated rings. The molecule has 3 rings (SSSR count). The molecule has 0 radical (unpaired) electrons. The van der Waals surface area contributed by atoms with Crippen LogP contribution in [0.5, 0.6) is 0 Å². The Balaban J connectivity index is 1.49. The number of carbonyl (C=O) groups is 3. The number of nitrogens with zero attached hydrogens (tertiary/aromatic N) is 2. The van der Waals surface area contributed by atoms with Crippen molar-refractivity contribution < 1.29 is 14.4 Å². The van der Waals surface area contributed by atoms with Crippen molar-refractivity contribution in [3.63, 3.8) is 0 Å². The molecule has 2 aromatic carbocycles. The fraction of sp³-hybridized carbons (Fsp3) is 0.348. The monoisotopic (exact) mass is 393 g/mol. The molecule has 1 heterocycles. The van der Waals surface area contributed by atoms with Crippen LogP contribution in [0.15, 0.2) is 42.5 Å². The Hall–Kier alpha value is -3.15. The first-order valence-corrected chi connectivity index (χ1v) is 9.84. The van der Waals surface area contributed by atoms with Crippen molar-refractivity contribution in [3.05, 3.63) is 64.7 Å². The Morgan fingerprint density at radius 1 is 0.862 bits per heavy atom. The molecule has 6 nitrogen and oxygen atoms in total. The molecule has 0 unspecified atom stereocenters. The fourth-order valence-electron chi connectivity index (χ4n) is 3.37. The van der Waals surface area contributed by atoms with E-state index in [9.17, 15) is 14.4 Å². The first kappa shape index (κ1) is 20.6. The van der Waals surface area contributed by atoms with Crippen LogP contribution in [0.25, 0.3) is 0 Å². The standard InChI is InChI=1S/C23H27N3O3/c1-16-4-5-20(14-17(16)2)23(29)24-15-22(28)26-12-10-25(11-13-26)21-8-6-19(7-9-21)18(3)27/h4-9,14H,10-13,15H2,1-3H3,(H,24,29). The number of ketones is 1. The van der Waals surface area contributed by atoms with Gasteiger partial charge < -0.3 is 15.1 Å². The zero-order valence-electron chi connectivity index (χ0n) is 17.2. The summed E-state index contributed by atoms with van der Waals surface area (Å²) in [5, 5.41) is 2.73. The zero-order valence-corrected chi connectivity index (χ0v) is 17.2. The average molecular weight is 393 g/mol. The van der Waals surface area contributed by atoms with Gasteiger partial charge in [0, 0.05) is 43.0 Å². The van der Waals surface area contributed by atoms with Crippen LogP contribution in [0.3, 0.4) is 0 Å². The largest absolute Gasteiger partial charge is 0.368 e. The summed E-state index contributed by atoms with van der Waals surface area (Å²) in [6.45, 7) is 8.16. The van der Waals surface area contributed by atoms with Crippen molar-refractivity contribution in [2.24, 2.45) is 0 Å². The maximum atomic E-state index is 12.5. The third kappa shape index (κ3) is 5.02. The van der Waals surface area contributed by atoms with E-state index in [1.54, 1.807) is 17.9 Å². The lowest BCUT2D eigenvalue weighted by molar-refractivity contribution is -0.130. The third-order valence-corrected chi connectivity index (χ3v) is 5.44. The molecule has 1 aliphatic heterocycles. The molecule has 0 aromatic heterocycles. The van der Waals surface area contributed by atoms with Gasteiger partial charge in [0.15, 0.2) is 5.78 Å². The molecule has 2 amide bonds. The quantitative estimate of drug-likeness (QED) is 0.793. The number of benzene rings is 2. The van der Waals surface area contributed by atoms with E-state index in [2.05, 4.69) is 10.2 Å². The lowest BCUT2D eigenvalue weighted by Gasteiger charge is -2.36. The van der Waals surface area contributed by atoms with Crippen molar-refractivity contribution in [2.45, 2.75) is 20.8 Å². The summed E-state index contributed by atoms with van der Waals surface area (Å²) >= 11 is 0. The number of Topliss-reactive ketones (excluding diaryl/α,β-unsaturated/α-hetero) is 1. The molecule has 1 aliphatic rings. The SMILES string of the molecule is CC(=O)c1ccc(N2CCN(C(=O)CNC(=O)c3ccc(C)c(C)c3)CC2)cc1. The Kier molecular flexibility index (Phi) is 6.32. The highest BCUT2D eigenvalue weighted by Gasteiger charge is 2.22. The Morgan fingerprint density at radius 3 is 2.07 bits per heavy atom. The summed E-state index contributed by atoms with van der Waals surface area (Å²) in [4.78, 5) is 40.1. The molecular weight excluding hydrogens is 366 g/mol. The lowest BCUT2D eigenvalue weighted by atomic mass is 10.1. The number of rotatable bonds is 5. The molecule has 0 spiro atoms. The van der Waals surface area contributed by atoms with E-state index in [1.165, 1.54) is 0 Å². The second-order valence-electron chi connectivity index (χ2n) is 7.45. The molecule has 0 bridgehead atoms. The highest BCUT2D eigenvalue weighted by molar-refractivity contribution is 5.96. The van der Waals surface area contributed by atoms with Crippen molar-refractivity contribution in [1.29, 1.82) is 0 Å². The number of hydrogen-bond donors (Lipinski definition) is 1. The zero-order chi connectivity index (χ0) is 21.0. The van der Waals surface area contributed by atoms with Crippen LogP contribution in [0, 0.1) is 13.8 Å². The Bertz CT molecular complexity index is 913. The van der Waals surface area contributed by atoms with Crippen LogP contribution in [0.2, 0.25) is 0 Å². The number of aryl methyl sites for hydroxylation is 2. The molecule has 0 aliphatic carbocycles. The molecule has 0 saturated carbocycles. The van der Waals surface area contributed by atoms with Crippen molar-refractivity contribution in [2.75, 3.05) is 37.6 Å². The number of amides is 2. The maximum Gasteiger partial charge on any atom is 0.251 e. The second kappa shape index (κ2) is 8.90. The number of anilines is 1. The summed E-state index contributed by atoms with van der Waals surface area (Å²) in [5.74, 6) is -0.255. The molecule has 1 saturated heterocycles. The Morgan fingerprint density at radius 2 is 1.48 bits per heavy atom. The maximum absolute atomic E-state index is 12.5. The highest BCUT2D eigenvalue weighted by atomic mass is 16.2. The molecular formula is C23H27N3O3. The smallest absolute Gasteiger partial charge is 0.251 e. The third-order valence-electron chi connectivity index (χ3n) is 5.44. The summed E-state index contributed by atoms with van der Waals surface area (Å²) in [5.41, 5.74) is 4.50. The number of nitrogens with one attached hydrogen (secondary N) is 1. The second-order valence-corrected chi connectivity index (χ2v) is 7.45. The van der Waals surface area contributed by atoms with Gasteiger partial charge >= 0.3 is 0 Å².